The molecule has 1 N–H and O–H groups in total. The predicted molar refractivity (Wildman–Crippen MR) is 61.6 cm³/mol. The average Bonchev–Trinajstić information content (AvgIpc) is 2.26. The molecule has 0 fully saturated rings. The first kappa shape index (κ1) is 12.4. The summed E-state index contributed by atoms with van der Waals surface area (Å²) in [6.07, 6.45) is 8.19. The van der Waals surface area contributed by atoms with E-state index in [1.165, 1.54) is 5.57 Å². The van der Waals surface area contributed by atoms with Crippen LogP contribution in [0.15, 0.2) is 11.6 Å². The van der Waals surface area contributed by atoms with Crippen LogP contribution < -0.4 is 0 Å². The van der Waals surface area contributed by atoms with Crippen LogP contribution in [-0.2, 0) is 4.79 Å². The Morgan fingerprint density at radius 3 is 2.93 bits per heavy atom. The van der Waals surface area contributed by atoms with Crippen molar-refractivity contribution in [2.24, 2.45) is 11.8 Å². The predicted octanol–water partition coefficient (Wildman–Crippen LogP) is 2.71. The van der Waals surface area contributed by atoms with E-state index in [1.807, 2.05) is 6.92 Å². The van der Waals surface area contributed by atoms with Gasteiger partial charge in [0.2, 0.25) is 0 Å². The van der Waals surface area contributed by atoms with Gasteiger partial charge in [0, 0.05) is 5.92 Å². The number of rotatable bonds is 5. The summed E-state index contributed by atoms with van der Waals surface area (Å²) < 4.78 is 0. The molecule has 1 aliphatic carbocycles. The molecule has 0 bridgehead atoms. The van der Waals surface area contributed by atoms with Crippen molar-refractivity contribution in [2.75, 3.05) is 0 Å². The summed E-state index contributed by atoms with van der Waals surface area (Å²) in [4.78, 5) is 10.7. The van der Waals surface area contributed by atoms with Gasteiger partial charge >= 0.3 is 0 Å². The van der Waals surface area contributed by atoms with E-state index in [2.05, 4.69) is 13.0 Å². The van der Waals surface area contributed by atoms with Crippen LogP contribution >= 0.6 is 0 Å². The maximum absolute atomic E-state index is 10.7. The Bertz CT molecular complexity index is 231. The SMILES string of the molecule is CC(O)C(C)CCC1=CCCC(C=O)C1. The van der Waals surface area contributed by atoms with Crippen molar-refractivity contribution in [2.45, 2.75) is 52.1 Å². The lowest BCUT2D eigenvalue weighted by Crippen LogP contribution is -2.14. The highest BCUT2D eigenvalue weighted by atomic mass is 16.3. The van der Waals surface area contributed by atoms with Crippen LogP contribution in [-0.4, -0.2) is 17.5 Å². The van der Waals surface area contributed by atoms with Crippen LogP contribution in [0, 0.1) is 11.8 Å². The van der Waals surface area contributed by atoms with Crippen molar-refractivity contribution in [3.8, 4) is 0 Å². The molecule has 3 atom stereocenters. The molecule has 0 aliphatic heterocycles. The molecular weight excluding hydrogens is 188 g/mol. The fourth-order valence-corrected chi connectivity index (χ4v) is 2.00. The minimum Gasteiger partial charge on any atom is -0.393 e. The van der Waals surface area contributed by atoms with Gasteiger partial charge in [0.15, 0.2) is 0 Å². The van der Waals surface area contributed by atoms with Crippen LogP contribution in [0.5, 0.6) is 0 Å². The number of aliphatic hydroxyl groups excluding tert-OH is 1. The Morgan fingerprint density at radius 1 is 1.60 bits per heavy atom. The third-order valence-corrected chi connectivity index (χ3v) is 3.43. The highest BCUT2D eigenvalue weighted by Crippen LogP contribution is 2.27. The third-order valence-electron chi connectivity index (χ3n) is 3.43. The molecule has 0 aromatic carbocycles. The highest BCUT2D eigenvalue weighted by Gasteiger charge is 2.16. The Balaban J connectivity index is 2.32. The van der Waals surface area contributed by atoms with E-state index < -0.39 is 0 Å². The molecule has 0 amide bonds. The first-order valence-electron chi connectivity index (χ1n) is 5.94. The van der Waals surface area contributed by atoms with Gasteiger partial charge in [-0.05, 0) is 44.9 Å². The molecule has 0 aromatic heterocycles. The zero-order valence-electron chi connectivity index (χ0n) is 9.78. The molecule has 2 heteroatoms. The lowest BCUT2D eigenvalue weighted by molar-refractivity contribution is -0.111. The molecule has 1 rings (SSSR count). The van der Waals surface area contributed by atoms with Gasteiger partial charge < -0.3 is 9.90 Å². The lowest BCUT2D eigenvalue weighted by atomic mass is 9.86. The zero-order chi connectivity index (χ0) is 11.3. The molecule has 0 spiro atoms. The summed E-state index contributed by atoms with van der Waals surface area (Å²) in [7, 11) is 0. The molecule has 2 nitrogen and oxygen atoms in total. The number of carbonyl (C=O) groups is 1. The summed E-state index contributed by atoms with van der Waals surface area (Å²) in [5.41, 5.74) is 1.41. The fourth-order valence-electron chi connectivity index (χ4n) is 2.00. The Kier molecular flexibility index (Phi) is 5.03. The van der Waals surface area contributed by atoms with Gasteiger partial charge in [-0.15, -0.1) is 0 Å². The van der Waals surface area contributed by atoms with Crippen LogP contribution in [0.3, 0.4) is 0 Å². The maximum atomic E-state index is 10.7. The standard InChI is InChI=1S/C13H22O2/c1-10(11(2)15)6-7-12-4-3-5-13(8-12)9-14/h4,9-11,13,15H,3,5-8H2,1-2H3. The highest BCUT2D eigenvalue weighted by molar-refractivity contribution is 5.54. The van der Waals surface area contributed by atoms with Crippen LogP contribution in [0.1, 0.15) is 46.0 Å². The fraction of sp³-hybridized carbons (Fsp3) is 0.769. The Labute approximate surface area is 92.4 Å². The van der Waals surface area contributed by atoms with Crippen molar-refractivity contribution in [1.29, 1.82) is 0 Å². The van der Waals surface area contributed by atoms with E-state index in [0.717, 1.165) is 38.4 Å². The molecule has 15 heavy (non-hydrogen) atoms. The zero-order valence-corrected chi connectivity index (χ0v) is 9.78. The molecule has 0 aromatic rings. The second kappa shape index (κ2) is 6.06. The van der Waals surface area contributed by atoms with Crippen molar-refractivity contribution in [3.05, 3.63) is 11.6 Å². The van der Waals surface area contributed by atoms with Crippen molar-refractivity contribution < 1.29 is 9.90 Å². The molecule has 86 valence electrons. The van der Waals surface area contributed by atoms with Gasteiger partial charge in [0.25, 0.3) is 0 Å². The average molecular weight is 210 g/mol. The Hall–Kier alpha value is -0.630. The summed E-state index contributed by atoms with van der Waals surface area (Å²) in [5, 5.41) is 9.37. The monoisotopic (exact) mass is 210 g/mol. The quantitative estimate of drug-likeness (QED) is 0.559. The smallest absolute Gasteiger partial charge is 0.123 e. The van der Waals surface area contributed by atoms with E-state index in [1.54, 1.807) is 0 Å². The molecular formula is C13H22O2. The first-order chi connectivity index (χ1) is 7.13. The van der Waals surface area contributed by atoms with E-state index in [-0.39, 0.29) is 12.0 Å². The molecule has 0 saturated carbocycles. The minimum absolute atomic E-state index is 0.226. The van der Waals surface area contributed by atoms with Crippen molar-refractivity contribution >= 4 is 6.29 Å². The molecule has 1 aliphatic rings. The lowest BCUT2D eigenvalue weighted by Gasteiger charge is -2.20. The number of hydrogen-bond donors (Lipinski definition) is 1. The van der Waals surface area contributed by atoms with E-state index in [9.17, 15) is 9.90 Å². The Morgan fingerprint density at radius 2 is 2.33 bits per heavy atom. The summed E-state index contributed by atoms with van der Waals surface area (Å²) in [5.74, 6) is 0.592. The first-order valence-corrected chi connectivity index (χ1v) is 5.94. The number of aliphatic hydroxyl groups is 1. The molecule has 3 unspecified atom stereocenters. The molecule has 0 heterocycles. The van der Waals surface area contributed by atoms with Gasteiger partial charge in [-0.1, -0.05) is 18.6 Å². The second-order valence-corrected chi connectivity index (χ2v) is 4.80. The topological polar surface area (TPSA) is 37.3 Å². The summed E-state index contributed by atoms with van der Waals surface area (Å²) in [6.45, 7) is 3.92. The minimum atomic E-state index is -0.226. The van der Waals surface area contributed by atoms with E-state index >= 15 is 0 Å². The second-order valence-electron chi connectivity index (χ2n) is 4.80. The van der Waals surface area contributed by atoms with Crippen molar-refractivity contribution in [3.63, 3.8) is 0 Å². The summed E-state index contributed by atoms with van der Waals surface area (Å²) in [6, 6.07) is 0. The van der Waals surface area contributed by atoms with Crippen LogP contribution in [0.2, 0.25) is 0 Å². The van der Waals surface area contributed by atoms with Crippen LogP contribution in [0.25, 0.3) is 0 Å². The van der Waals surface area contributed by atoms with E-state index in [0.29, 0.717) is 5.92 Å². The van der Waals surface area contributed by atoms with Gasteiger partial charge in [-0.2, -0.15) is 0 Å². The van der Waals surface area contributed by atoms with E-state index in [4.69, 9.17) is 0 Å². The number of carbonyl (C=O) groups excluding carboxylic acids is 1. The van der Waals surface area contributed by atoms with Gasteiger partial charge in [0.1, 0.15) is 6.29 Å². The number of aldehydes is 1. The third kappa shape index (κ3) is 4.17. The molecule has 0 radical (unpaired) electrons. The number of hydrogen-bond acceptors (Lipinski definition) is 2. The van der Waals surface area contributed by atoms with Crippen molar-refractivity contribution in [1.82, 2.24) is 0 Å². The van der Waals surface area contributed by atoms with Gasteiger partial charge in [-0.3, -0.25) is 0 Å². The van der Waals surface area contributed by atoms with Gasteiger partial charge in [0.05, 0.1) is 6.10 Å². The summed E-state index contributed by atoms with van der Waals surface area (Å²) >= 11 is 0. The largest absolute Gasteiger partial charge is 0.393 e. The molecule has 0 saturated heterocycles. The number of allylic oxidation sites excluding steroid dienone is 2. The normalized spacial score (nSPS) is 25.5. The maximum Gasteiger partial charge on any atom is 0.123 e. The van der Waals surface area contributed by atoms with Gasteiger partial charge in [-0.25, -0.2) is 0 Å². The van der Waals surface area contributed by atoms with Crippen LogP contribution in [0.4, 0.5) is 0 Å².